The quantitative estimate of drug-likeness (QED) is 0.916. The van der Waals surface area contributed by atoms with E-state index in [4.69, 9.17) is 4.42 Å². The number of aromatic nitrogens is 2. The Hall–Kier alpha value is -2.44. The molecule has 1 aromatic carbocycles. The van der Waals surface area contributed by atoms with Gasteiger partial charge in [-0.2, -0.15) is 0 Å². The van der Waals surface area contributed by atoms with E-state index in [0.29, 0.717) is 5.56 Å². The van der Waals surface area contributed by atoms with Crippen molar-refractivity contribution in [3.05, 3.63) is 30.1 Å². The van der Waals surface area contributed by atoms with Crippen LogP contribution in [0.5, 0.6) is 0 Å². The van der Waals surface area contributed by atoms with Crippen LogP contribution in [0, 0.1) is 5.82 Å². The van der Waals surface area contributed by atoms with Crippen LogP contribution in [0.1, 0.15) is 6.42 Å². The highest BCUT2D eigenvalue weighted by Gasteiger charge is 2.20. The second-order valence-electron chi connectivity index (χ2n) is 4.51. The molecule has 2 aromatic rings. The highest BCUT2D eigenvalue weighted by atomic mass is 19.1. The average Bonchev–Trinajstić information content (AvgIpc) is 2.84. The number of rotatable bonds is 4. The number of amides is 1. The van der Waals surface area contributed by atoms with Gasteiger partial charge in [-0.3, -0.25) is 4.79 Å². The van der Waals surface area contributed by atoms with Gasteiger partial charge in [-0.1, -0.05) is 5.10 Å². The fraction of sp³-hybridized carbons (Fsp3) is 0.308. The topological polar surface area (TPSA) is 71.3 Å². The fourth-order valence-electron chi connectivity index (χ4n) is 1.83. The first kappa shape index (κ1) is 12.6. The van der Waals surface area contributed by atoms with Crippen LogP contribution < -0.4 is 5.32 Å². The van der Waals surface area contributed by atoms with E-state index < -0.39 is 0 Å². The molecule has 1 aliphatic rings. The number of anilines is 1. The van der Waals surface area contributed by atoms with Crippen molar-refractivity contribution in [2.75, 3.05) is 25.0 Å². The lowest BCUT2D eigenvalue weighted by Gasteiger charge is -2.30. The van der Waals surface area contributed by atoms with Gasteiger partial charge >= 0.3 is 6.01 Å². The van der Waals surface area contributed by atoms with E-state index in [1.54, 1.807) is 17.0 Å². The van der Waals surface area contributed by atoms with E-state index in [1.807, 2.05) is 0 Å². The van der Waals surface area contributed by atoms with Gasteiger partial charge in [0.05, 0.1) is 6.54 Å². The van der Waals surface area contributed by atoms with Crippen molar-refractivity contribution in [1.82, 2.24) is 15.1 Å². The van der Waals surface area contributed by atoms with E-state index in [2.05, 4.69) is 15.5 Å². The van der Waals surface area contributed by atoms with Crippen molar-refractivity contribution in [2.24, 2.45) is 0 Å². The first-order valence-corrected chi connectivity index (χ1v) is 6.33. The SMILES string of the molecule is O=C(CNc1nnc(-c2ccc(F)cc2)o1)N1CCC1. The molecule has 0 spiro atoms. The Bertz CT molecular complexity index is 607. The maximum Gasteiger partial charge on any atom is 0.316 e. The third-order valence-corrected chi connectivity index (χ3v) is 3.12. The largest absolute Gasteiger partial charge is 0.403 e. The maximum absolute atomic E-state index is 12.8. The number of halogens is 1. The molecule has 0 bridgehead atoms. The first-order valence-electron chi connectivity index (χ1n) is 6.33. The van der Waals surface area contributed by atoms with Crippen LogP contribution in [-0.4, -0.2) is 40.6 Å². The molecule has 0 aliphatic carbocycles. The van der Waals surface area contributed by atoms with Gasteiger partial charge < -0.3 is 14.6 Å². The van der Waals surface area contributed by atoms with Crippen molar-refractivity contribution >= 4 is 11.9 Å². The summed E-state index contributed by atoms with van der Waals surface area (Å²) in [4.78, 5) is 13.4. The molecule has 20 heavy (non-hydrogen) atoms. The van der Waals surface area contributed by atoms with E-state index in [-0.39, 0.29) is 30.2 Å². The molecule has 0 radical (unpaired) electrons. The van der Waals surface area contributed by atoms with E-state index in [9.17, 15) is 9.18 Å². The highest BCUT2D eigenvalue weighted by molar-refractivity contribution is 5.80. The Morgan fingerprint density at radius 2 is 2.05 bits per heavy atom. The summed E-state index contributed by atoms with van der Waals surface area (Å²) in [6.07, 6.45) is 1.06. The monoisotopic (exact) mass is 276 g/mol. The molecule has 1 aromatic heterocycles. The summed E-state index contributed by atoms with van der Waals surface area (Å²) in [7, 11) is 0. The molecule has 1 saturated heterocycles. The number of carbonyl (C=O) groups excluding carboxylic acids is 1. The summed E-state index contributed by atoms with van der Waals surface area (Å²) >= 11 is 0. The number of nitrogens with one attached hydrogen (secondary N) is 1. The molecule has 6 nitrogen and oxygen atoms in total. The molecule has 0 unspecified atom stereocenters. The molecule has 3 rings (SSSR count). The Balaban J connectivity index is 1.61. The van der Waals surface area contributed by atoms with Crippen LogP contribution in [0.3, 0.4) is 0 Å². The molecule has 1 aliphatic heterocycles. The summed E-state index contributed by atoms with van der Waals surface area (Å²) < 4.78 is 18.2. The van der Waals surface area contributed by atoms with Crippen molar-refractivity contribution in [2.45, 2.75) is 6.42 Å². The summed E-state index contributed by atoms with van der Waals surface area (Å²) in [5.74, 6) is -0.0339. The molecular weight excluding hydrogens is 263 g/mol. The second kappa shape index (κ2) is 5.28. The molecule has 1 fully saturated rings. The van der Waals surface area contributed by atoms with Crippen molar-refractivity contribution in [3.8, 4) is 11.5 Å². The fourth-order valence-corrected chi connectivity index (χ4v) is 1.83. The Kier molecular flexibility index (Phi) is 3.32. The third-order valence-electron chi connectivity index (χ3n) is 3.12. The van der Waals surface area contributed by atoms with Gasteiger partial charge in [0.25, 0.3) is 0 Å². The zero-order chi connectivity index (χ0) is 13.9. The van der Waals surface area contributed by atoms with Crippen LogP contribution in [-0.2, 0) is 4.79 Å². The van der Waals surface area contributed by atoms with E-state index in [1.165, 1.54) is 12.1 Å². The number of nitrogens with zero attached hydrogens (tertiary/aromatic N) is 3. The molecule has 1 N–H and O–H groups in total. The summed E-state index contributed by atoms with van der Waals surface area (Å²) in [5.41, 5.74) is 0.626. The van der Waals surface area contributed by atoms with E-state index in [0.717, 1.165) is 19.5 Å². The molecule has 0 atom stereocenters. The van der Waals surface area contributed by atoms with Crippen LogP contribution in [0.2, 0.25) is 0 Å². The van der Waals surface area contributed by atoms with Gasteiger partial charge in [0.1, 0.15) is 5.82 Å². The zero-order valence-corrected chi connectivity index (χ0v) is 10.7. The van der Waals surface area contributed by atoms with Gasteiger partial charge in [0.2, 0.25) is 11.8 Å². The maximum atomic E-state index is 12.8. The average molecular weight is 276 g/mol. The lowest BCUT2D eigenvalue weighted by molar-refractivity contribution is -0.132. The zero-order valence-electron chi connectivity index (χ0n) is 10.7. The standard InChI is InChI=1S/C13H13FN4O2/c14-10-4-2-9(3-5-10)12-16-17-13(20-12)15-8-11(19)18-6-1-7-18/h2-5H,1,6-8H2,(H,15,17). The van der Waals surface area contributed by atoms with Gasteiger partial charge in [0.15, 0.2) is 0 Å². The lowest BCUT2D eigenvalue weighted by atomic mass is 10.2. The van der Waals surface area contributed by atoms with Crippen molar-refractivity contribution in [1.29, 1.82) is 0 Å². The van der Waals surface area contributed by atoms with Gasteiger partial charge in [-0.15, -0.1) is 5.10 Å². The third kappa shape index (κ3) is 2.61. The predicted octanol–water partition coefficient (Wildman–Crippen LogP) is 1.52. The van der Waals surface area contributed by atoms with Gasteiger partial charge in [0, 0.05) is 18.7 Å². The Morgan fingerprint density at radius 3 is 2.70 bits per heavy atom. The summed E-state index contributed by atoms with van der Waals surface area (Å²) in [6.45, 7) is 1.75. The molecular formula is C13H13FN4O2. The van der Waals surface area contributed by atoms with Crippen LogP contribution in [0.25, 0.3) is 11.5 Å². The number of benzene rings is 1. The number of hydrogen-bond donors (Lipinski definition) is 1. The van der Waals surface area contributed by atoms with Crippen molar-refractivity contribution < 1.29 is 13.6 Å². The van der Waals surface area contributed by atoms with Gasteiger partial charge in [-0.25, -0.2) is 4.39 Å². The lowest BCUT2D eigenvalue weighted by Crippen LogP contribution is -2.44. The molecule has 7 heteroatoms. The van der Waals surface area contributed by atoms with Crippen LogP contribution >= 0.6 is 0 Å². The minimum Gasteiger partial charge on any atom is -0.403 e. The smallest absolute Gasteiger partial charge is 0.316 e. The van der Waals surface area contributed by atoms with Crippen LogP contribution in [0.4, 0.5) is 10.4 Å². The normalized spacial score (nSPS) is 13.9. The summed E-state index contributed by atoms with van der Waals surface area (Å²) in [5, 5.41) is 10.4. The van der Waals surface area contributed by atoms with Gasteiger partial charge in [-0.05, 0) is 30.7 Å². The van der Waals surface area contributed by atoms with E-state index >= 15 is 0 Å². The number of hydrogen-bond acceptors (Lipinski definition) is 5. The molecule has 2 heterocycles. The minimum absolute atomic E-state index is 0.0118. The number of carbonyl (C=O) groups is 1. The molecule has 0 saturated carbocycles. The highest BCUT2D eigenvalue weighted by Crippen LogP contribution is 2.19. The van der Waals surface area contributed by atoms with Crippen molar-refractivity contribution in [3.63, 3.8) is 0 Å². The number of likely N-dealkylation sites (tertiary alicyclic amines) is 1. The molecule has 1 amide bonds. The summed E-state index contributed by atoms with van der Waals surface area (Å²) in [6, 6.07) is 5.92. The second-order valence-corrected chi connectivity index (χ2v) is 4.51. The molecule has 104 valence electrons. The first-order chi connectivity index (χ1) is 9.72. The Morgan fingerprint density at radius 1 is 1.30 bits per heavy atom. The Labute approximate surface area is 114 Å². The minimum atomic E-state index is -0.327. The van der Waals surface area contributed by atoms with Crippen LogP contribution in [0.15, 0.2) is 28.7 Å². The predicted molar refractivity (Wildman–Crippen MR) is 69.4 cm³/mol.